The lowest BCUT2D eigenvalue weighted by Gasteiger charge is -2.37. The smallest absolute Gasteiger partial charge is 0.243 e. The molecule has 6 nitrogen and oxygen atoms in total. The molecule has 0 saturated carbocycles. The van der Waals surface area contributed by atoms with Crippen molar-refractivity contribution in [3.8, 4) is 0 Å². The van der Waals surface area contributed by atoms with E-state index in [4.69, 9.17) is 11.6 Å². The van der Waals surface area contributed by atoms with Gasteiger partial charge in [-0.15, -0.1) is 0 Å². The molecule has 2 aliphatic rings. The highest BCUT2D eigenvalue weighted by molar-refractivity contribution is 7.89. The average molecular weight is 400 g/mol. The highest BCUT2D eigenvalue weighted by Gasteiger charge is 2.31. The van der Waals surface area contributed by atoms with Crippen molar-refractivity contribution in [2.45, 2.75) is 37.1 Å². The predicted molar refractivity (Wildman–Crippen MR) is 102 cm³/mol. The maximum Gasteiger partial charge on any atom is 0.243 e. The molecule has 26 heavy (non-hydrogen) atoms. The van der Waals surface area contributed by atoms with Gasteiger partial charge in [-0.25, -0.2) is 8.42 Å². The van der Waals surface area contributed by atoms with Crippen LogP contribution in [0.1, 0.15) is 26.2 Å². The number of likely N-dealkylation sites (tertiary alicyclic amines) is 1. The van der Waals surface area contributed by atoms with E-state index in [9.17, 15) is 13.2 Å². The van der Waals surface area contributed by atoms with E-state index in [-0.39, 0.29) is 10.8 Å². The Bertz CT molecular complexity index is 731. The van der Waals surface area contributed by atoms with E-state index in [1.54, 1.807) is 17.0 Å². The summed E-state index contributed by atoms with van der Waals surface area (Å²) in [5.74, 6) is 0.0993. The first-order chi connectivity index (χ1) is 12.4. The van der Waals surface area contributed by atoms with Crippen molar-refractivity contribution < 1.29 is 13.2 Å². The van der Waals surface area contributed by atoms with E-state index in [0.717, 1.165) is 19.4 Å². The van der Waals surface area contributed by atoms with Gasteiger partial charge in [0.15, 0.2) is 0 Å². The van der Waals surface area contributed by atoms with Gasteiger partial charge in [0.2, 0.25) is 15.9 Å². The lowest BCUT2D eigenvalue weighted by atomic mass is 10.0. The van der Waals surface area contributed by atoms with E-state index < -0.39 is 10.0 Å². The molecule has 0 spiro atoms. The number of carbonyl (C=O) groups is 1. The Balaban J connectivity index is 1.56. The highest BCUT2D eigenvalue weighted by Crippen LogP contribution is 2.20. The molecule has 1 aromatic carbocycles. The van der Waals surface area contributed by atoms with Crippen LogP contribution in [0.4, 0.5) is 0 Å². The number of hydrogen-bond acceptors (Lipinski definition) is 4. The van der Waals surface area contributed by atoms with Crippen molar-refractivity contribution in [3.63, 3.8) is 0 Å². The van der Waals surface area contributed by atoms with Gasteiger partial charge in [0.25, 0.3) is 0 Å². The molecule has 2 saturated heterocycles. The molecule has 0 aliphatic carbocycles. The van der Waals surface area contributed by atoms with E-state index in [2.05, 4.69) is 11.8 Å². The van der Waals surface area contributed by atoms with Crippen molar-refractivity contribution in [3.05, 3.63) is 29.3 Å². The predicted octanol–water partition coefficient (Wildman–Crippen LogP) is 2.05. The van der Waals surface area contributed by atoms with Crippen LogP contribution in [0.15, 0.2) is 29.2 Å². The maximum absolute atomic E-state index is 12.7. The Morgan fingerprint density at radius 1 is 1.08 bits per heavy atom. The number of piperazine rings is 1. The van der Waals surface area contributed by atoms with Gasteiger partial charge < -0.3 is 4.90 Å². The molecule has 144 valence electrons. The molecule has 0 N–H and O–H groups in total. The third-order valence-corrected chi connectivity index (χ3v) is 7.49. The monoisotopic (exact) mass is 399 g/mol. The molecule has 8 heteroatoms. The second-order valence-electron chi connectivity index (χ2n) is 7.05. The molecule has 2 heterocycles. The molecule has 0 radical (unpaired) electrons. The topological polar surface area (TPSA) is 60.9 Å². The van der Waals surface area contributed by atoms with Crippen LogP contribution in [0, 0.1) is 0 Å². The van der Waals surface area contributed by atoms with Crippen molar-refractivity contribution in [1.29, 1.82) is 0 Å². The van der Waals surface area contributed by atoms with Crippen molar-refractivity contribution >= 4 is 27.5 Å². The van der Waals surface area contributed by atoms with Crippen molar-refractivity contribution in [2.24, 2.45) is 0 Å². The molecular formula is C18H26ClN3O3S. The lowest BCUT2D eigenvalue weighted by Crippen LogP contribution is -2.53. The summed E-state index contributed by atoms with van der Waals surface area (Å²) in [6.45, 7) is 5.10. The molecule has 1 atom stereocenters. The fourth-order valence-corrected chi connectivity index (χ4v) is 5.15. The molecular weight excluding hydrogens is 374 g/mol. The van der Waals surface area contributed by atoms with Gasteiger partial charge in [-0.3, -0.25) is 9.69 Å². The standard InChI is InChI=1S/C18H26ClN3O3S/c1-15-4-2-3-9-21(15)14-18(23)20-10-12-22(13-11-20)26(24,25)17-7-5-16(19)6-8-17/h5-8,15H,2-4,9-14H2,1H3/t15-/m1/s1. The zero-order chi connectivity index (χ0) is 18.7. The van der Waals surface area contributed by atoms with Crippen LogP contribution in [-0.2, 0) is 14.8 Å². The number of halogens is 1. The fourth-order valence-electron chi connectivity index (χ4n) is 3.60. The quantitative estimate of drug-likeness (QED) is 0.777. The summed E-state index contributed by atoms with van der Waals surface area (Å²) in [6.07, 6.45) is 3.51. The molecule has 1 amide bonds. The number of rotatable bonds is 4. The number of amides is 1. The number of benzene rings is 1. The van der Waals surface area contributed by atoms with E-state index in [0.29, 0.717) is 43.8 Å². The van der Waals surface area contributed by atoms with Gasteiger partial charge in [-0.05, 0) is 50.6 Å². The summed E-state index contributed by atoms with van der Waals surface area (Å²) in [4.78, 5) is 16.8. The zero-order valence-electron chi connectivity index (χ0n) is 15.1. The number of nitrogens with zero attached hydrogens (tertiary/aromatic N) is 3. The number of sulfonamides is 1. The summed E-state index contributed by atoms with van der Waals surface area (Å²) >= 11 is 5.84. The molecule has 0 bridgehead atoms. The SMILES string of the molecule is C[C@@H]1CCCCN1CC(=O)N1CCN(S(=O)(=O)c2ccc(Cl)cc2)CC1. The first kappa shape index (κ1) is 19.6. The normalized spacial score (nSPS) is 23.2. The average Bonchev–Trinajstić information content (AvgIpc) is 2.64. The Hall–Kier alpha value is -1.15. The van der Waals surface area contributed by atoms with E-state index in [1.807, 2.05) is 0 Å². The van der Waals surface area contributed by atoms with Crippen LogP contribution in [0.25, 0.3) is 0 Å². The second-order valence-corrected chi connectivity index (χ2v) is 9.43. The van der Waals surface area contributed by atoms with Crippen LogP contribution in [0.2, 0.25) is 5.02 Å². The minimum absolute atomic E-state index is 0.0993. The first-order valence-electron chi connectivity index (χ1n) is 9.15. The molecule has 0 unspecified atom stereocenters. The lowest BCUT2D eigenvalue weighted by molar-refractivity contribution is -0.134. The molecule has 1 aromatic rings. The van der Waals surface area contributed by atoms with Crippen LogP contribution >= 0.6 is 11.6 Å². The fraction of sp³-hybridized carbons (Fsp3) is 0.611. The summed E-state index contributed by atoms with van der Waals surface area (Å²) in [5.41, 5.74) is 0. The van der Waals surface area contributed by atoms with Gasteiger partial charge >= 0.3 is 0 Å². The van der Waals surface area contributed by atoms with Crippen molar-refractivity contribution in [1.82, 2.24) is 14.1 Å². The number of hydrogen-bond donors (Lipinski definition) is 0. The zero-order valence-corrected chi connectivity index (χ0v) is 16.7. The van der Waals surface area contributed by atoms with Crippen molar-refractivity contribution in [2.75, 3.05) is 39.3 Å². The van der Waals surface area contributed by atoms with Gasteiger partial charge in [-0.1, -0.05) is 18.0 Å². The maximum atomic E-state index is 12.7. The van der Waals surface area contributed by atoms with Crippen LogP contribution in [-0.4, -0.2) is 73.7 Å². The van der Waals surface area contributed by atoms with Crippen LogP contribution < -0.4 is 0 Å². The highest BCUT2D eigenvalue weighted by atomic mass is 35.5. The van der Waals surface area contributed by atoms with Gasteiger partial charge in [0.05, 0.1) is 11.4 Å². The third kappa shape index (κ3) is 4.39. The summed E-state index contributed by atoms with van der Waals surface area (Å²) in [6, 6.07) is 6.64. The number of carbonyl (C=O) groups excluding carboxylic acids is 1. The van der Waals surface area contributed by atoms with Crippen LogP contribution in [0.5, 0.6) is 0 Å². The van der Waals surface area contributed by atoms with Crippen LogP contribution in [0.3, 0.4) is 0 Å². The minimum Gasteiger partial charge on any atom is -0.339 e. The Labute approximate surface area is 160 Å². The number of piperidine rings is 1. The van der Waals surface area contributed by atoms with Gasteiger partial charge in [0, 0.05) is 37.2 Å². The first-order valence-corrected chi connectivity index (χ1v) is 11.0. The molecule has 2 aliphatic heterocycles. The summed E-state index contributed by atoms with van der Waals surface area (Å²) in [7, 11) is -3.54. The second kappa shape index (κ2) is 8.25. The third-order valence-electron chi connectivity index (χ3n) is 5.32. The largest absolute Gasteiger partial charge is 0.339 e. The van der Waals surface area contributed by atoms with E-state index >= 15 is 0 Å². The molecule has 0 aromatic heterocycles. The molecule has 2 fully saturated rings. The summed E-state index contributed by atoms with van der Waals surface area (Å²) in [5, 5.41) is 0.506. The van der Waals surface area contributed by atoms with Gasteiger partial charge in [-0.2, -0.15) is 4.31 Å². The Morgan fingerprint density at radius 2 is 1.73 bits per heavy atom. The van der Waals surface area contributed by atoms with E-state index in [1.165, 1.54) is 22.9 Å². The Kier molecular flexibility index (Phi) is 6.22. The molecule has 3 rings (SSSR count). The Morgan fingerprint density at radius 3 is 2.35 bits per heavy atom. The minimum atomic E-state index is -3.54. The van der Waals surface area contributed by atoms with Gasteiger partial charge in [0.1, 0.15) is 0 Å². The summed E-state index contributed by atoms with van der Waals surface area (Å²) < 4.78 is 26.9.